The zero-order valence-electron chi connectivity index (χ0n) is 10.0. The summed E-state index contributed by atoms with van der Waals surface area (Å²) in [4.78, 5) is 0. The molecular weight excluding hydrogens is 314 g/mol. The maximum atomic E-state index is 13.6. The van der Waals surface area contributed by atoms with Crippen LogP contribution >= 0.6 is 15.9 Å². The number of nitrogens with two attached hydrogens (primary N) is 1. The standard InChI is InChI=1S/C14H13BrF2N2/c15-11-3-1-9(2-4-11)14(19-18)8-10-7-12(16)5-6-13(10)17/h1-7,14,19H,8,18H2. The SMILES string of the molecule is NNC(Cc1cc(F)ccc1F)c1ccc(Br)cc1. The van der Waals surface area contributed by atoms with Crippen LogP contribution in [0.5, 0.6) is 0 Å². The Balaban J connectivity index is 2.23. The lowest BCUT2D eigenvalue weighted by atomic mass is 9.99. The molecular formula is C14H13BrF2N2. The molecule has 1 unspecified atom stereocenters. The van der Waals surface area contributed by atoms with Gasteiger partial charge in [-0.2, -0.15) is 0 Å². The minimum Gasteiger partial charge on any atom is -0.271 e. The average molecular weight is 327 g/mol. The van der Waals surface area contributed by atoms with E-state index in [1.165, 1.54) is 6.07 Å². The highest BCUT2D eigenvalue weighted by atomic mass is 79.9. The van der Waals surface area contributed by atoms with Crippen molar-refractivity contribution < 1.29 is 8.78 Å². The van der Waals surface area contributed by atoms with Crippen LogP contribution < -0.4 is 11.3 Å². The van der Waals surface area contributed by atoms with Crippen molar-refractivity contribution in [2.24, 2.45) is 5.84 Å². The first-order valence-electron chi connectivity index (χ1n) is 5.75. The zero-order valence-corrected chi connectivity index (χ0v) is 11.6. The lowest BCUT2D eigenvalue weighted by Crippen LogP contribution is -2.29. The lowest BCUT2D eigenvalue weighted by molar-refractivity contribution is 0.523. The smallest absolute Gasteiger partial charge is 0.126 e. The van der Waals surface area contributed by atoms with E-state index < -0.39 is 11.6 Å². The molecule has 0 aliphatic carbocycles. The summed E-state index contributed by atoms with van der Waals surface area (Å²) in [5.74, 6) is 4.61. The van der Waals surface area contributed by atoms with Crippen LogP contribution in [0.15, 0.2) is 46.9 Å². The van der Waals surface area contributed by atoms with E-state index >= 15 is 0 Å². The predicted octanol–water partition coefficient (Wildman–Crippen LogP) is 3.47. The zero-order chi connectivity index (χ0) is 13.8. The largest absolute Gasteiger partial charge is 0.271 e. The third kappa shape index (κ3) is 3.59. The van der Waals surface area contributed by atoms with Crippen LogP contribution in [0.1, 0.15) is 17.2 Å². The number of rotatable bonds is 4. The predicted molar refractivity (Wildman–Crippen MR) is 74.3 cm³/mol. The summed E-state index contributed by atoms with van der Waals surface area (Å²) >= 11 is 3.34. The molecule has 0 aliphatic heterocycles. The molecule has 2 aromatic rings. The minimum atomic E-state index is -0.456. The minimum absolute atomic E-state index is 0.274. The van der Waals surface area contributed by atoms with E-state index in [1.807, 2.05) is 24.3 Å². The van der Waals surface area contributed by atoms with Crippen molar-refractivity contribution in [3.05, 3.63) is 69.7 Å². The van der Waals surface area contributed by atoms with Crippen molar-refractivity contribution in [3.8, 4) is 0 Å². The molecule has 0 aromatic heterocycles. The number of benzene rings is 2. The van der Waals surface area contributed by atoms with E-state index in [1.54, 1.807) is 0 Å². The van der Waals surface area contributed by atoms with Gasteiger partial charge in [-0.3, -0.25) is 11.3 Å². The highest BCUT2D eigenvalue weighted by Gasteiger charge is 2.13. The van der Waals surface area contributed by atoms with Gasteiger partial charge in [0.05, 0.1) is 6.04 Å². The van der Waals surface area contributed by atoms with Crippen LogP contribution in [0.2, 0.25) is 0 Å². The van der Waals surface area contributed by atoms with E-state index in [-0.39, 0.29) is 12.5 Å². The second-order valence-electron chi connectivity index (χ2n) is 4.21. The molecule has 0 radical (unpaired) electrons. The third-order valence-corrected chi connectivity index (χ3v) is 3.43. The van der Waals surface area contributed by atoms with E-state index in [0.717, 1.165) is 22.2 Å². The molecule has 0 fully saturated rings. The summed E-state index contributed by atoms with van der Waals surface area (Å²) in [6.45, 7) is 0. The molecule has 2 nitrogen and oxygen atoms in total. The first-order valence-corrected chi connectivity index (χ1v) is 6.55. The second-order valence-corrected chi connectivity index (χ2v) is 5.13. The number of nitrogens with one attached hydrogen (secondary N) is 1. The number of hydrogen-bond acceptors (Lipinski definition) is 2. The first-order chi connectivity index (χ1) is 9.10. The molecule has 0 bridgehead atoms. The van der Waals surface area contributed by atoms with Crippen molar-refractivity contribution in [3.63, 3.8) is 0 Å². The van der Waals surface area contributed by atoms with E-state index in [9.17, 15) is 8.78 Å². The highest BCUT2D eigenvalue weighted by Crippen LogP contribution is 2.22. The Labute approximate surface area is 118 Å². The quantitative estimate of drug-likeness (QED) is 0.667. The summed E-state index contributed by atoms with van der Waals surface area (Å²) < 4.78 is 27.7. The monoisotopic (exact) mass is 326 g/mol. The number of hydrogen-bond donors (Lipinski definition) is 2. The number of hydrazine groups is 1. The Kier molecular flexibility index (Phi) is 4.63. The van der Waals surface area contributed by atoms with Crippen molar-refractivity contribution in [2.75, 3.05) is 0 Å². The van der Waals surface area contributed by atoms with Gasteiger partial charge >= 0.3 is 0 Å². The topological polar surface area (TPSA) is 38.0 Å². The molecule has 0 spiro atoms. The molecule has 3 N–H and O–H groups in total. The first kappa shape index (κ1) is 14.1. The molecule has 0 saturated carbocycles. The van der Waals surface area contributed by atoms with Gasteiger partial charge in [0.15, 0.2) is 0 Å². The van der Waals surface area contributed by atoms with E-state index in [0.29, 0.717) is 5.56 Å². The van der Waals surface area contributed by atoms with Crippen molar-refractivity contribution in [1.29, 1.82) is 0 Å². The van der Waals surface area contributed by atoms with Gasteiger partial charge in [-0.25, -0.2) is 8.78 Å². The molecule has 0 aliphatic rings. The Hall–Kier alpha value is -1.30. The summed E-state index contributed by atoms with van der Waals surface area (Å²) in [7, 11) is 0. The molecule has 5 heteroatoms. The van der Waals surface area contributed by atoms with Crippen LogP contribution in [0.4, 0.5) is 8.78 Å². The maximum Gasteiger partial charge on any atom is 0.126 e. The van der Waals surface area contributed by atoms with Crippen molar-refractivity contribution in [2.45, 2.75) is 12.5 Å². The van der Waals surface area contributed by atoms with Gasteiger partial charge in [0.2, 0.25) is 0 Å². The van der Waals surface area contributed by atoms with Gasteiger partial charge < -0.3 is 0 Å². The fourth-order valence-electron chi connectivity index (χ4n) is 1.89. The van der Waals surface area contributed by atoms with Gasteiger partial charge in [0.1, 0.15) is 11.6 Å². The fraction of sp³-hybridized carbons (Fsp3) is 0.143. The summed E-state index contributed by atoms with van der Waals surface area (Å²) in [5.41, 5.74) is 3.84. The van der Waals surface area contributed by atoms with Gasteiger partial charge in [-0.05, 0) is 47.9 Å². The molecule has 0 amide bonds. The highest BCUT2D eigenvalue weighted by molar-refractivity contribution is 9.10. The Morgan fingerprint density at radius 1 is 1.11 bits per heavy atom. The molecule has 2 rings (SSSR count). The molecule has 19 heavy (non-hydrogen) atoms. The summed E-state index contributed by atoms with van der Waals surface area (Å²) in [5, 5.41) is 0. The van der Waals surface area contributed by atoms with Crippen LogP contribution in [0, 0.1) is 11.6 Å². The van der Waals surface area contributed by atoms with Gasteiger partial charge in [-0.15, -0.1) is 0 Å². The van der Waals surface area contributed by atoms with Gasteiger partial charge in [0, 0.05) is 4.47 Å². The molecule has 0 heterocycles. The lowest BCUT2D eigenvalue weighted by Gasteiger charge is -2.17. The van der Waals surface area contributed by atoms with Crippen LogP contribution in [-0.2, 0) is 6.42 Å². The molecule has 100 valence electrons. The number of halogens is 3. The Morgan fingerprint density at radius 3 is 2.42 bits per heavy atom. The van der Waals surface area contributed by atoms with Crippen LogP contribution in [0.25, 0.3) is 0 Å². The Morgan fingerprint density at radius 2 is 1.79 bits per heavy atom. The Bertz CT molecular complexity index is 558. The third-order valence-electron chi connectivity index (χ3n) is 2.91. The van der Waals surface area contributed by atoms with Gasteiger partial charge in [0.25, 0.3) is 0 Å². The van der Waals surface area contributed by atoms with Crippen molar-refractivity contribution in [1.82, 2.24) is 5.43 Å². The van der Waals surface area contributed by atoms with E-state index in [2.05, 4.69) is 21.4 Å². The molecule has 1 atom stereocenters. The van der Waals surface area contributed by atoms with Crippen LogP contribution in [-0.4, -0.2) is 0 Å². The van der Waals surface area contributed by atoms with E-state index in [4.69, 9.17) is 5.84 Å². The van der Waals surface area contributed by atoms with Crippen molar-refractivity contribution >= 4 is 15.9 Å². The fourth-order valence-corrected chi connectivity index (χ4v) is 2.15. The second kappa shape index (κ2) is 6.23. The molecule has 0 saturated heterocycles. The van der Waals surface area contributed by atoms with Crippen LogP contribution in [0.3, 0.4) is 0 Å². The summed E-state index contributed by atoms with van der Waals surface area (Å²) in [6, 6.07) is 10.7. The normalized spacial score (nSPS) is 12.4. The summed E-state index contributed by atoms with van der Waals surface area (Å²) in [6.07, 6.45) is 0.279. The average Bonchev–Trinajstić information content (AvgIpc) is 2.41. The molecule has 2 aromatic carbocycles. The van der Waals surface area contributed by atoms with Gasteiger partial charge in [-0.1, -0.05) is 28.1 Å². The maximum absolute atomic E-state index is 13.6.